The van der Waals surface area contributed by atoms with Crippen molar-refractivity contribution in [2.75, 3.05) is 16.8 Å². The molecule has 0 bridgehead atoms. The van der Waals surface area contributed by atoms with Crippen molar-refractivity contribution in [2.45, 2.75) is 51.9 Å². The van der Waals surface area contributed by atoms with Crippen molar-refractivity contribution >= 4 is 17.4 Å². The van der Waals surface area contributed by atoms with Gasteiger partial charge in [0.25, 0.3) is 5.91 Å². The predicted octanol–water partition coefficient (Wildman–Crippen LogP) is 3.70. The zero-order valence-electron chi connectivity index (χ0n) is 17.6. The van der Waals surface area contributed by atoms with Crippen LogP contribution in [-0.2, 0) is 0 Å². The van der Waals surface area contributed by atoms with Gasteiger partial charge in [0.05, 0.1) is 12.2 Å². The fraction of sp³-hybridized carbons (Fsp3) is 0.478. The van der Waals surface area contributed by atoms with Gasteiger partial charge in [0.15, 0.2) is 0 Å². The number of halogens is 1. The van der Waals surface area contributed by atoms with Crippen molar-refractivity contribution in [3.8, 4) is 0 Å². The maximum absolute atomic E-state index is 13.3. The molecular weight excluding hydrogens is 383 g/mol. The summed E-state index contributed by atoms with van der Waals surface area (Å²) in [6.45, 7) is 6.40. The Morgan fingerprint density at radius 1 is 1.33 bits per heavy atom. The van der Waals surface area contributed by atoms with Gasteiger partial charge in [-0.05, 0) is 68.5 Å². The van der Waals surface area contributed by atoms with E-state index in [0.29, 0.717) is 23.8 Å². The first-order valence-corrected chi connectivity index (χ1v) is 10.7. The number of benzene rings is 1. The number of nitrogens with zero attached hydrogens (tertiary/aromatic N) is 2. The third-order valence-electron chi connectivity index (χ3n) is 6.16. The summed E-state index contributed by atoms with van der Waals surface area (Å²) in [6, 6.07) is 8.71. The van der Waals surface area contributed by atoms with E-state index < -0.39 is 6.23 Å². The first kappa shape index (κ1) is 20.6. The molecule has 1 saturated carbocycles. The van der Waals surface area contributed by atoms with Crippen LogP contribution in [0.15, 0.2) is 36.5 Å². The van der Waals surface area contributed by atoms with Gasteiger partial charge >= 0.3 is 0 Å². The Morgan fingerprint density at radius 3 is 2.70 bits per heavy atom. The first-order chi connectivity index (χ1) is 14.4. The molecule has 6 nitrogen and oxygen atoms in total. The van der Waals surface area contributed by atoms with Gasteiger partial charge < -0.3 is 20.6 Å². The summed E-state index contributed by atoms with van der Waals surface area (Å²) in [5.41, 5.74) is 2.44. The molecule has 0 radical (unpaired) electrons. The molecular formula is C23H29FN4O2. The van der Waals surface area contributed by atoms with Crippen molar-refractivity contribution in [3.05, 3.63) is 53.5 Å². The second kappa shape index (κ2) is 8.22. The van der Waals surface area contributed by atoms with Crippen LogP contribution in [-0.4, -0.2) is 34.8 Å². The fourth-order valence-electron chi connectivity index (χ4n) is 4.71. The molecule has 0 saturated heterocycles. The van der Waals surface area contributed by atoms with Crippen LogP contribution in [0.4, 0.5) is 15.9 Å². The van der Waals surface area contributed by atoms with E-state index in [0.717, 1.165) is 24.1 Å². The first-order valence-electron chi connectivity index (χ1n) is 10.7. The normalized spacial score (nSPS) is 24.2. The van der Waals surface area contributed by atoms with Gasteiger partial charge in [-0.15, -0.1) is 0 Å². The van der Waals surface area contributed by atoms with E-state index in [4.69, 9.17) is 0 Å². The molecule has 3 N–H and O–H groups in total. The lowest BCUT2D eigenvalue weighted by Crippen LogP contribution is -2.53. The summed E-state index contributed by atoms with van der Waals surface area (Å²) in [5, 5.41) is 16.9. The lowest BCUT2D eigenvalue weighted by Gasteiger charge is -2.48. The van der Waals surface area contributed by atoms with Gasteiger partial charge in [0, 0.05) is 29.8 Å². The molecule has 160 valence electrons. The predicted molar refractivity (Wildman–Crippen MR) is 115 cm³/mol. The monoisotopic (exact) mass is 412 g/mol. The van der Waals surface area contributed by atoms with Crippen LogP contribution >= 0.6 is 0 Å². The Balaban J connectivity index is 1.79. The Morgan fingerprint density at radius 2 is 2.10 bits per heavy atom. The van der Waals surface area contributed by atoms with Crippen molar-refractivity contribution in [2.24, 2.45) is 11.8 Å². The number of hydrogen-bond donors (Lipinski definition) is 3. The number of pyridine rings is 1. The number of aliphatic hydroxyl groups is 1. The minimum absolute atomic E-state index is 0.118. The second-order valence-electron chi connectivity index (χ2n) is 8.34. The van der Waals surface area contributed by atoms with Gasteiger partial charge in [0.1, 0.15) is 17.9 Å². The number of rotatable bonds is 6. The number of carbonyl (C=O) groups is 1. The lowest BCUT2D eigenvalue weighted by molar-refractivity contribution is 0.0955. The number of amides is 1. The van der Waals surface area contributed by atoms with Crippen molar-refractivity contribution in [1.29, 1.82) is 0 Å². The molecule has 2 aromatic rings. The minimum atomic E-state index is -0.642. The highest BCUT2D eigenvalue weighted by Gasteiger charge is 2.47. The maximum atomic E-state index is 13.3. The Kier molecular flexibility index (Phi) is 5.64. The summed E-state index contributed by atoms with van der Waals surface area (Å²) in [6.07, 6.45) is 2.84. The number of carbonyl (C=O) groups excluding carboxylic acids is 1. The molecule has 1 aliphatic carbocycles. The molecule has 4 atom stereocenters. The summed E-state index contributed by atoms with van der Waals surface area (Å²) in [4.78, 5) is 18.7. The molecule has 30 heavy (non-hydrogen) atoms. The molecule has 4 rings (SSSR count). The van der Waals surface area contributed by atoms with E-state index in [1.807, 2.05) is 25.1 Å². The third-order valence-corrected chi connectivity index (χ3v) is 6.16. The van der Waals surface area contributed by atoms with Gasteiger partial charge in [0.2, 0.25) is 0 Å². The molecule has 2 aliphatic rings. The lowest BCUT2D eigenvalue weighted by atomic mass is 9.79. The fourth-order valence-corrected chi connectivity index (χ4v) is 4.71. The molecule has 1 amide bonds. The largest absolute Gasteiger partial charge is 0.374 e. The van der Waals surface area contributed by atoms with Gasteiger partial charge in [-0.2, -0.15) is 0 Å². The smallest absolute Gasteiger partial charge is 0.251 e. The quantitative estimate of drug-likeness (QED) is 0.674. The van der Waals surface area contributed by atoms with Crippen molar-refractivity contribution in [3.63, 3.8) is 0 Å². The molecule has 1 aromatic carbocycles. The van der Waals surface area contributed by atoms with Crippen molar-refractivity contribution in [1.82, 2.24) is 10.3 Å². The van der Waals surface area contributed by atoms with Gasteiger partial charge in [-0.1, -0.05) is 6.92 Å². The Labute approximate surface area is 176 Å². The molecule has 1 aliphatic heterocycles. The minimum Gasteiger partial charge on any atom is -0.374 e. The SMILES string of the molecule is CCNC(=O)c1ccc2c(c1)[C@H](Nc1ccc(F)cn1)[C@@H](C)[C@H](C1CC1)N2C(C)O. The molecule has 1 fully saturated rings. The maximum Gasteiger partial charge on any atom is 0.251 e. The number of aromatic nitrogens is 1. The van der Waals surface area contributed by atoms with Crippen LogP contribution in [0.3, 0.4) is 0 Å². The van der Waals surface area contributed by atoms with Gasteiger partial charge in [-0.25, -0.2) is 9.37 Å². The van der Waals surface area contributed by atoms with E-state index in [9.17, 15) is 14.3 Å². The number of fused-ring (bicyclic) bond motifs is 1. The van der Waals surface area contributed by atoms with Gasteiger partial charge in [-0.3, -0.25) is 4.79 Å². The zero-order chi connectivity index (χ0) is 21.4. The van der Waals surface area contributed by atoms with Crippen LogP contribution in [0.1, 0.15) is 55.6 Å². The highest BCUT2D eigenvalue weighted by atomic mass is 19.1. The number of nitrogens with one attached hydrogen (secondary N) is 2. The van der Waals surface area contributed by atoms with E-state index in [1.165, 1.54) is 12.3 Å². The molecule has 0 spiro atoms. The van der Waals surface area contributed by atoms with E-state index in [1.54, 1.807) is 13.0 Å². The number of anilines is 2. The standard InChI is InChI=1S/C23H29FN4O2/c1-4-25-23(30)16-7-9-19-18(11-16)21(27-20-10-8-17(24)12-26-20)13(2)22(15-5-6-15)28(19)14(3)29/h7-15,21-22,29H,4-6H2,1-3H3,(H,25,30)(H,26,27)/t13-,14?,21-,22-/m1/s1. The second-order valence-corrected chi connectivity index (χ2v) is 8.34. The summed E-state index contributed by atoms with van der Waals surface area (Å²) in [7, 11) is 0. The molecule has 1 aromatic heterocycles. The topological polar surface area (TPSA) is 77.5 Å². The Bertz CT molecular complexity index is 914. The van der Waals surface area contributed by atoms with Crippen LogP contribution in [0.25, 0.3) is 0 Å². The average molecular weight is 413 g/mol. The number of hydrogen-bond acceptors (Lipinski definition) is 5. The molecule has 2 heterocycles. The summed E-state index contributed by atoms with van der Waals surface area (Å²) < 4.78 is 13.3. The Hall–Kier alpha value is -2.67. The third kappa shape index (κ3) is 3.86. The van der Waals surface area contributed by atoms with Crippen LogP contribution in [0.2, 0.25) is 0 Å². The molecule has 1 unspecified atom stereocenters. The highest BCUT2D eigenvalue weighted by Crippen LogP contribution is 2.50. The highest BCUT2D eigenvalue weighted by molar-refractivity contribution is 5.95. The van der Waals surface area contributed by atoms with Crippen LogP contribution in [0.5, 0.6) is 0 Å². The van der Waals surface area contributed by atoms with E-state index in [-0.39, 0.29) is 29.7 Å². The van der Waals surface area contributed by atoms with Crippen LogP contribution in [0, 0.1) is 17.7 Å². The van der Waals surface area contributed by atoms with E-state index in [2.05, 4.69) is 27.4 Å². The average Bonchev–Trinajstić information content (AvgIpc) is 3.55. The molecule has 7 heteroatoms. The summed E-state index contributed by atoms with van der Waals surface area (Å²) >= 11 is 0. The zero-order valence-corrected chi connectivity index (χ0v) is 17.6. The van der Waals surface area contributed by atoms with Crippen LogP contribution < -0.4 is 15.5 Å². The van der Waals surface area contributed by atoms with E-state index >= 15 is 0 Å². The summed E-state index contributed by atoms with van der Waals surface area (Å²) in [5.74, 6) is 0.752. The van der Waals surface area contributed by atoms with Crippen molar-refractivity contribution < 1.29 is 14.3 Å². The number of aliphatic hydroxyl groups excluding tert-OH is 1.